The van der Waals surface area contributed by atoms with E-state index in [0.29, 0.717) is 5.92 Å². The van der Waals surface area contributed by atoms with Crippen LogP contribution in [0.2, 0.25) is 0 Å². The van der Waals surface area contributed by atoms with Gasteiger partial charge in [0.15, 0.2) is 0 Å². The molecule has 2 aliphatic rings. The van der Waals surface area contributed by atoms with E-state index in [1.807, 2.05) is 0 Å². The van der Waals surface area contributed by atoms with Crippen molar-refractivity contribution in [2.75, 3.05) is 26.4 Å². The zero-order valence-electron chi connectivity index (χ0n) is 11.4. The summed E-state index contributed by atoms with van der Waals surface area (Å²) in [5.74, 6) is 0.685. The molecular weight excluding hydrogens is 238 g/mol. The van der Waals surface area contributed by atoms with Gasteiger partial charge in [0.1, 0.15) is 0 Å². The Hall–Kier alpha value is -0.900. The molecule has 1 aliphatic carbocycles. The highest BCUT2D eigenvalue weighted by atomic mass is 16.5. The molecule has 0 aromatic heterocycles. The summed E-state index contributed by atoms with van der Waals surface area (Å²) in [5, 5.41) is 13.6. The van der Waals surface area contributed by atoms with Crippen molar-refractivity contribution in [3.8, 4) is 0 Å². The number of ether oxygens (including phenoxy) is 1. The molecule has 0 saturated carbocycles. The van der Waals surface area contributed by atoms with Gasteiger partial charge in [0, 0.05) is 13.2 Å². The largest absolute Gasteiger partial charge is 0.394 e. The van der Waals surface area contributed by atoms with E-state index in [1.54, 1.807) is 0 Å². The molecule has 1 unspecified atom stereocenters. The minimum atomic E-state index is -0.213. The highest BCUT2D eigenvalue weighted by Crippen LogP contribution is 2.36. The average molecular weight is 261 g/mol. The van der Waals surface area contributed by atoms with Crippen LogP contribution in [0, 0.1) is 5.92 Å². The molecule has 1 aliphatic heterocycles. The van der Waals surface area contributed by atoms with Crippen LogP contribution in [0.25, 0.3) is 0 Å². The molecule has 0 amide bonds. The van der Waals surface area contributed by atoms with Crippen LogP contribution in [0.5, 0.6) is 0 Å². The van der Waals surface area contributed by atoms with Gasteiger partial charge in [-0.1, -0.05) is 24.3 Å². The summed E-state index contributed by atoms with van der Waals surface area (Å²) in [7, 11) is 0. The molecule has 0 radical (unpaired) electrons. The van der Waals surface area contributed by atoms with Gasteiger partial charge in [-0.2, -0.15) is 0 Å². The van der Waals surface area contributed by atoms with Gasteiger partial charge in [-0.05, 0) is 49.3 Å². The third-order valence-electron chi connectivity index (χ3n) is 4.69. The molecule has 0 bridgehead atoms. The molecule has 1 heterocycles. The second-order valence-corrected chi connectivity index (χ2v) is 5.83. The van der Waals surface area contributed by atoms with Gasteiger partial charge in [-0.15, -0.1) is 0 Å². The molecule has 1 atom stereocenters. The van der Waals surface area contributed by atoms with E-state index in [9.17, 15) is 5.11 Å². The van der Waals surface area contributed by atoms with Gasteiger partial charge in [0.2, 0.25) is 0 Å². The Bertz CT molecular complexity index is 429. The van der Waals surface area contributed by atoms with Crippen molar-refractivity contribution in [3.63, 3.8) is 0 Å². The first-order chi connectivity index (χ1) is 9.34. The molecule has 1 saturated heterocycles. The lowest BCUT2D eigenvalue weighted by molar-refractivity contribution is 0.0599. The normalized spacial score (nSPS) is 27.4. The van der Waals surface area contributed by atoms with Crippen LogP contribution in [0.3, 0.4) is 0 Å². The van der Waals surface area contributed by atoms with Crippen LogP contribution in [0.15, 0.2) is 24.3 Å². The Morgan fingerprint density at radius 2 is 2.05 bits per heavy atom. The first-order valence-corrected chi connectivity index (χ1v) is 7.36. The molecule has 2 N–H and O–H groups in total. The number of hydrogen-bond donors (Lipinski definition) is 2. The topological polar surface area (TPSA) is 41.5 Å². The SMILES string of the molecule is OCC1(NCC2CCOCC2)CCc2ccccc21. The van der Waals surface area contributed by atoms with Crippen LogP contribution in [0.4, 0.5) is 0 Å². The Balaban J connectivity index is 1.70. The molecule has 3 nitrogen and oxygen atoms in total. The van der Waals surface area contributed by atoms with E-state index >= 15 is 0 Å². The van der Waals surface area contributed by atoms with E-state index in [-0.39, 0.29) is 12.1 Å². The van der Waals surface area contributed by atoms with Crippen molar-refractivity contribution in [1.82, 2.24) is 5.32 Å². The van der Waals surface area contributed by atoms with E-state index in [0.717, 1.165) is 45.4 Å². The second kappa shape index (κ2) is 5.61. The number of rotatable bonds is 4. The number of aliphatic hydroxyl groups is 1. The van der Waals surface area contributed by atoms with Crippen molar-refractivity contribution in [1.29, 1.82) is 0 Å². The van der Waals surface area contributed by atoms with Crippen molar-refractivity contribution in [2.24, 2.45) is 5.92 Å². The molecule has 104 valence electrons. The lowest BCUT2D eigenvalue weighted by atomic mass is 9.91. The van der Waals surface area contributed by atoms with E-state index in [2.05, 4.69) is 29.6 Å². The number of aryl methyl sites for hydroxylation is 1. The van der Waals surface area contributed by atoms with Crippen LogP contribution in [-0.4, -0.2) is 31.5 Å². The zero-order valence-corrected chi connectivity index (χ0v) is 11.4. The molecule has 1 aromatic carbocycles. The smallest absolute Gasteiger partial charge is 0.0675 e. The average Bonchev–Trinajstić information content (AvgIpc) is 2.86. The molecule has 3 heteroatoms. The Kier molecular flexibility index (Phi) is 3.87. The summed E-state index contributed by atoms with van der Waals surface area (Å²) in [6.07, 6.45) is 4.34. The maximum atomic E-state index is 9.91. The summed E-state index contributed by atoms with van der Waals surface area (Å²) in [5.41, 5.74) is 2.47. The van der Waals surface area contributed by atoms with E-state index in [1.165, 1.54) is 11.1 Å². The van der Waals surface area contributed by atoms with Crippen molar-refractivity contribution < 1.29 is 9.84 Å². The summed E-state index contributed by atoms with van der Waals surface area (Å²) >= 11 is 0. The molecule has 1 fully saturated rings. The van der Waals surface area contributed by atoms with Gasteiger partial charge < -0.3 is 15.2 Å². The first-order valence-electron chi connectivity index (χ1n) is 7.36. The zero-order chi connectivity index (χ0) is 13.1. The second-order valence-electron chi connectivity index (χ2n) is 5.83. The third-order valence-corrected chi connectivity index (χ3v) is 4.69. The Labute approximate surface area is 115 Å². The maximum Gasteiger partial charge on any atom is 0.0675 e. The summed E-state index contributed by atoms with van der Waals surface area (Å²) < 4.78 is 5.40. The van der Waals surface area contributed by atoms with E-state index in [4.69, 9.17) is 4.74 Å². The fraction of sp³-hybridized carbons (Fsp3) is 0.625. The summed E-state index contributed by atoms with van der Waals surface area (Å²) in [6.45, 7) is 2.94. The van der Waals surface area contributed by atoms with Crippen LogP contribution < -0.4 is 5.32 Å². The van der Waals surface area contributed by atoms with Gasteiger partial charge in [-0.25, -0.2) is 0 Å². The van der Waals surface area contributed by atoms with Gasteiger partial charge in [0.05, 0.1) is 12.1 Å². The summed E-state index contributed by atoms with van der Waals surface area (Å²) in [6, 6.07) is 8.51. The van der Waals surface area contributed by atoms with Crippen molar-refractivity contribution in [3.05, 3.63) is 35.4 Å². The standard InChI is InChI=1S/C16H23NO2/c18-12-16(17-11-13-6-9-19-10-7-13)8-5-14-3-1-2-4-15(14)16/h1-4,13,17-18H,5-12H2. The maximum absolute atomic E-state index is 9.91. The summed E-state index contributed by atoms with van der Waals surface area (Å²) in [4.78, 5) is 0. The third kappa shape index (κ3) is 2.55. The lowest BCUT2D eigenvalue weighted by Gasteiger charge is -2.33. The number of nitrogens with one attached hydrogen (secondary N) is 1. The molecule has 0 spiro atoms. The van der Waals surface area contributed by atoms with Crippen LogP contribution >= 0.6 is 0 Å². The van der Waals surface area contributed by atoms with Crippen molar-refractivity contribution >= 4 is 0 Å². The van der Waals surface area contributed by atoms with Crippen molar-refractivity contribution in [2.45, 2.75) is 31.2 Å². The molecular formula is C16H23NO2. The predicted octanol–water partition coefficient (Wildman–Crippen LogP) is 1.84. The first kappa shape index (κ1) is 13.1. The minimum Gasteiger partial charge on any atom is -0.394 e. The molecule has 3 rings (SSSR count). The highest BCUT2D eigenvalue weighted by molar-refractivity contribution is 5.38. The molecule has 19 heavy (non-hydrogen) atoms. The predicted molar refractivity (Wildman–Crippen MR) is 75.1 cm³/mol. The van der Waals surface area contributed by atoms with Gasteiger partial charge >= 0.3 is 0 Å². The lowest BCUT2D eigenvalue weighted by Crippen LogP contribution is -2.46. The van der Waals surface area contributed by atoms with Crippen LogP contribution in [-0.2, 0) is 16.7 Å². The Morgan fingerprint density at radius 3 is 2.84 bits per heavy atom. The quantitative estimate of drug-likeness (QED) is 0.869. The van der Waals surface area contributed by atoms with Gasteiger partial charge in [0.25, 0.3) is 0 Å². The number of hydrogen-bond acceptors (Lipinski definition) is 3. The highest BCUT2D eigenvalue weighted by Gasteiger charge is 2.37. The van der Waals surface area contributed by atoms with E-state index < -0.39 is 0 Å². The monoisotopic (exact) mass is 261 g/mol. The number of aliphatic hydroxyl groups excluding tert-OH is 1. The molecule has 1 aromatic rings. The fourth-order valence-electron chi connectivity index (χ4n) is 3.38. The minimum absolute atomic E-state index is 0.188. The van der Waals surface area contributed by atoms with Crippen LogP contribution in [0.1, 0.15) is 30.4 Å². The van der Waals surface area contributed by atoms with Gasteiger partial charge in [-0.3, -0.25) is 0 Å². The number of fused-ring (bicyclic) bond motifs is 1. The number of benzene rings is 1. The Morgan fingerprint density at radius 1 is 1.26 bits per heavy atom. The fourth-order valence-corrected chi connectivity index (χ4v) is 3.38.